The predicted octanol–water partition coefficient (Wildman–Crippen LogP) is 1.45. The van der Waals surface area contributed by atoms with Crippen molar-refractivity contribution in [3.8, 4) is 0 Å². The Labute approximate surface area is 210 Å². The smallest absolute Gasteiger partial charge is 0.407 e. The summed E-state index contributed by atoms with van der Waals surface area (Å²) in [7, 11) is 0. The van der Waals surface area contributed by atoms with Crippen molar-refractivity contribution in [1.82, 2.24) is 5.32 Å². The Morgan fingerprint density at radius 3 is 2.55 bits per heavy atom. The van der Waals surface area contributed by atoms with E-state index in [4.69, 9.17) is 4.74 Å². The average Bonchev–Trinajstić information content (AvgIpc) is 2.62. The summed E-state index contributed by atoms with van der Waals surface area (Å²) in [5.74, 6) is -0.160. The highest BCUT2D eigenvalue weighted by Crippen LogP contribution is 2.14. The summed E-state index contributed by atoms with van der Waals surface area (Å²) < 4.78 is 8.01. The third kappa shape index (κ3) is 9.60. The molecule has 1 aromatic heterocycles. The number of carbonyl (C=O) groups is 2. The molecule has 0 radical (unpaired) electrons. The Kier molecular flexibility index (Phi) is 12.0. The number of hydrogen-bond donors (Lipinski definition) is 2. The fourth-order valence-corrected chi connectivity index (χ4v) is 3.30. The summed E-state index contributed by atoms with van der Waals surface area (Å²) in [6, 6.07) is 9.32. The van der Waals surface area contributed by atoms with Gasteiger partial charge in [-0.1, -0.05) is 41.6 Å². The van der Waals surface area contributed by atoms with E-state index in [0.717, 1.165) is 23.0 Å². The maximum absolute atomic E-state index is 12.5. The number of aromatic nitrogens is 1. The minimum Gasteiger partial charge on any atom is -1.00 e. The standard InChI is InChI=1S/C20H23BrIN3O3.HI/c1-3-9-25-12-16(11-17(21)13-25)19(26)24-18-6-4-15(5-7-18)8-10-28-20(27)23-14(2)22;/h4-7,11-14H,3,8-10H2,1-2H3,(H-,23,24,26,27);1H. The highest BCUT2D eigenvalue weighted by molar-refractivity contribution is 14.1. The van der Waals surface area contributed by atoms with Crippen LogP contribution in [0, 0.1) is 0 Å². The van der Waals surface area contributed by atoms with Gasteiger partial charge >= 0.3 is 6.09 Å². The maximum Gasteiger partial charge on any atom is 0.407 e. The van der Waals surface area contributed by atoms with Crippen molar-refractivity contribution in [3.63, 3.8) is 0 Å². The van der Waals surface area contributed by atoms with Gasteiger partial charge in [-0.3, -0.25) is 4.79 Å². The zero-order valence-corrected chi connectivity index (χ0v) is 22.2. The molecule has 6 nitrogen and oxygen atoms in total. The molecule has 0 aliphatic rings. The van der Waals surface area contributed by atoms with Crippen LogP contribution in [0.5, 0.6) is 0 Å². The molecule has 0 aliphatic heterocycles. The molecule has 1 atom stereocenters. The number of benzene rings is 1. The van der Waals surface area contributed by atoms with E-state index >= 15 is 0 Å². The van der Waals surface area contributed by atoms with E-state index in [-0.39, 0.29) is 33.9 Å². The van der Waals surface area contributed by atoms with E-state index in [1.54, 1.807) is 6.07 Å². The van der Waals surface area contributed by atoms with Crippen molar-refractivity contribution in [3.05, 3.63) is 58.3 Å². The molecule has 29 heavy (non-hydrogen) atoms. The fourth-order valence-electron chi connectivity index (χ4n) is 2.53. The first-order valence-electron chi connectivity index (χ1n) is 9.04. The van der Waals surface area contributed by atoms with Crippen LogP contribution in [0.15, 0.2) is 47.2 Å². The summed E-state index contributed by atoms with van der Waals surface area (Å²) in [6.07, 6.45) is 4.99. The molecule has 0 bridgehead atoms. The minimum absolute atomic E-state index is 0. The lowest BCUT2D eigenvalue weighted by Gasteiger charge is -2.09. The van der Waals surface area contributed by atoms with Gasteiger partial charge in [-0.25, -0.2) is 9.36 Å². The molecule has 2 amide bonds. The maximum atomic E-state index is 12.5. The molecule has 0 fully saturated rings. The predicted molar refractivity (Wildman–Crippen MR) is 121 cm³/mol. The van der Waals surface area contributed by atoms with Crippen molar-refractivity contribution in [2.24, 2.45) is 0 Å². The Balaban J connectivity index is 0.00000420. The van der Waals surface area contributed by atoms with E-state index < -0.39 is 6.09 Å². The highest BCUT2D eigenvalue weighted by Gasteiger charge is 2.13. The van der Waals surface area contributed by atoms with Crippen LogP contribution in [0.25, 0.3) is 0 Å². The van der Waals surface area contributed by atoms with Crippen LogP contribution >= 0.6 is 38.5 Å². The van der Waals surface area contributed by atoms with Crippen LogP contribution < -0.4 is 39.2 Å². The number of ether oxygens (including phenoxy) is 1. The van der Waals surface area contributed by atoms with Crippen molar-refractivity contribution in [2.75, 3.05) is 11.9 Å². The SMILES string of the molecule is CCC[n+]1cc(Br)cc(C(=O)Nc2ccc(CCOC(=O)NC(C)I)cc2)c1.[I-]. The Bertz CT molecular complexity index is 817. The summed E-state index contributed by atoms with van der Waals surface area (Å²) in [5, 5.41) is 5.57. The summed E-state index contributed by atoms with van der Waals surface area (Å²) in [6.45, 7) is 5.12. The van der Waals surface area contributed by atoms with E-state index in [9.17, 15) is 9.59 Å². The van der Waals surface area contributed by atoms with Crippen LogP contribution in [-0.2, 0) is 17.7 Å². The molecule has 0 aliphatic carbocycles. The van der Waals surface area contributed by atoms with Gasteiger partial charge in [0, 0.05) is 18.5 Å². The number of alkyl carbamates (subject to hydrolysis) is 1. The monoisotopic (exact) mass is 687 g/mol. The van der Waals surface area contributed by atoms with E-state index in [1.165, 1.54) is 0 Å². The first-order chi connectivity index (χ1) is 13.4. The van der Waals surface area contributed by atoms with Gasteiger partial charge in [0.1, 0.15) is 12.1 Å². The van der Waals surface area contributed by atoms with Crippen molar-refractivity contribution < 1.29 is 42.9 Å². The number of rotatable bonds is 8. The quantitative estimate of drug-likeness (QED) is 0.191. The molecule has 2 aromatic rings. The largest absolute Gasteiger partial charge is 1.00 e. The Morgan fingerprint density at radius 2 is 1.93 bits per heavy atom. The number of hydrogen-bond acceptors (Lipinski definition) is 3. The Morgan fingerprint density at radius 1 is 1.24 bits per heavy atom. The second-order valence-electron chi connectivity index (χ2n) is 6.28. The summed E-state index contributed by atoms with van der Waals surface area (Å²) >= 11 is 5.55. The minimum atomic E-state index is -0.417. The lowest BCUT2D eigenvalue weighted by atomic mass is 10.1. The number of carbonyl (C=O) groups excluding carboxylic acids is 2. The van der Waals surface area contributed by atoms with Crippen molar-refractivity contribution in [2.45, 2.75) is 37.3 Å². The van der Waals surface area contributed by atoms with Crippen molar-refractivity contribution in [1.29, 1.82) is 0 Å². The first kappa shape index (κ1) is 26.1. The molecular formula is C20H24BrI2N3O3. The van der Waals surface area contributed by atoms with E-state index in [2.05, 4.69) is 56.1 Å². The number of pyridine rings is 1. The first-order valence-corrected chi connectivity index (χ1v) is 11.1. The van der Waals surface area contributed by atoms with E-state index in [0.29, 0.717) is 24.3 Å². The molecule has 9 heteroatoms. The fraction of sp³-hybridized carbons (Fsp3) is 0.350. The number of nitrogens with zero attached hydrogens (tertiary/aromatic N) is 1. The van der Waals surface area contributed by atoms with Gasteiger partial charge in [0.2, 0.25) is 0 Å². The average molecular weight is 688 g/mol. The third-order valence-electron chi connectivity index (χ3n) is 3.78. The molecule has 0 saturated heterocycles. The second-order valence-corrected chi connectivity index (χ2v) is 9.06. The molecular weight excluding hydrogens is 664 g/mol. The zero-order valence-electron chi connectivity index (χ0n) is 16.3. The van der Waals surface area contributed by atoms with Crippen LogP contribution in [0.4, 0.5) is 10.5 Å². The van der Waals surface area contributed by atoms with Gasteiger partial charge in [-0.15, -0.1) is 0 Å². The molecule has 0 spiro atoms. The second kappa shape index (κ2) is 13.4. The van der Waals surface area contributed by atoms with Gasteiger partial charge in [-0.05, 0) is 46.6 Å². The molecule has 1 aromatic carbocycles. The van der Waals surface area contributed by atoms with Crippen LogP contribution in [0.3, 0.4) is 0 Å². The van der Waals surface area contributed by atoms with Crippen LogP contribution in [0.2, 0.25) is 0 Å². The van der Waals surface area contributed by atoms with Gasteiger partial charge in [-0.2, -0.15) is 0 Å². The normalized spacial score (nSPS) is 11.2. The lowest BCUT2D eigenvalue weighted by molar-refractivity contribution is -0.697. The number of amides is 2. The molecule has 1 heterocycles. The van der Waals surface area contributed by atoms with E-state index in [1.807, 2.05) is 48.1 Å². The summed E-state index contributed by atoms with van der Waals surface area (Å²) in [5.41, 5.74) is 2.33. The van der Waals surface area contributed by atoms with Gasteiger partial charge in [0.05, 0.1) is 15.1 Å². The van der Waals surface area contributed by atoms with Gasteiger partial charge in [0.25, 0.3) is 5.91 Å². The Hall–Kier alpha value is -0.950. The van der Waals surface area contributed by atoms with Crippen molar-refractivity contribution >= 4 is 56.2 Å². The van der Waals surface area contributed by atoms with Crippen LogP contribution in [0.1, 0.15) is 36.2 Å². The molecule has 2 N–H and O–H groups in total. The topological polar surface area (TPSA) is 71.3 Å². The molecule has 1 unspecified atom stereocenters. The number of aryl methyl sites for hydroxylation is 1. The molecule has 158 valence electrons. The van der Waals surface area contributed by atoms with Gasteiger partial charge < -0.3 is 39.3 Å². The number of anilines is 1. The number of alkyl halides is 1. The highest BCUT2D eigenvalue weighted by atomic mass is 127. The summed E-state index contributed by atoms with van der Waals surface area (Å²) in [4.78, 5) is 24.0. The number of nitrogens with one attached hydrogen (secondary N) is 2. The lowest BCUT2D eigenvalue weighted by Crippen LogP contribution is -3.00. The third-order valence-corrected chi connectivity index (χ3v) is 4.53. The van der Waals surface area contributed by atoms with Crippen LogP contribution in [-0.4, -0.2) is 22.7 Å². The number of halogens is 3. The van der Waals surface area contributed by atoms with Gasteiger partial charge in [0.15, 0.2) is 12.4 Å². The molecule has 2 rings (SSSR count). The molecule has 0 saturated carbocycles. The zero-order chi connectivity index (χ0) is 20.5.